The zero-order chi connectivity index (χ0) is 12.9. The van der Waals surface area contributed by atoms with Crippen LogP contribution in [0.3, 0.4) is 0 Å². The van der Waals surface area contributed by atoms with Gasteiger partial charge >= 0.3 is 0 Å². The molecule has 1 aromatic carbocycles. The summed E-state index contributed by atoms with van der Waals surface area (Å²) < 4.78 is 0. The summed E-state index contributed by atoms with van der Waals surface area (Å²) in [7, 11) is 0. The van der Waals surface area contributed by atoms with Gasteiger partial charge in [-0.05, 0) is 24.8 Å². The van der Waals surface area contributed by atoms with E-state index in [2.05, 4.69) is 19.2 Å². The number of hydrogen-bond donors (Lipinski definition) is 2. The van der Waals surface area contributed by atoms with Crippen LogP contribution in [0, 0.1) is 5.92 Å². The van der Waals surface area contributed by atoms with Gasteiger partial charge < -0.3 is 11.1 Å². The Morgan fingerprint density at radius 2 is 1.89 bits per heavy atom. The summed E-state index contributed by atoms with van der Waals surface area (Å²) in [5, 5.41) is 2.89. The Morgan fingerprint density at radius 3 is 2.39 bits per heavy atom. The fourth-order valence-electron chi connectivity index (χ4n) is 1.57. The number of nitrogens with one attached hydrogen (secondary N) is 1. The van der Waals surface area contributed by atoms with E-state index in [1.54, 1.807) is 6.92 Å². The van der Waals surface area contributed by atoms with Crippen molar-refractivity contribution in [3.05, 3.63) is 35.9 Å². The molecule has 0 heterocycles. The van der Waals surface area contributed by atoms with Gasteiger partial charge in [-0.2, -0.15) is 0 Å². The van der Waals surface area contributed by atoms with Crippen molar-refractivity contribution in [3.63, 3.8) is 0 Å². The molecule has 0 fully saturated rings. The molecule has 0 aliphatic heterocycles. The Balaban J connectivity index is 0.00000289. The van der Waals surface area contributed by atoms with Crippen molar-refractivity contribution in [3.8, 4) is 0 Å². The zero-order valence-corrected chi connectivity index (χ0v) is 12.1. The van der Waals surface area contributed by atoms with Crippen molar-refractivity contribution in [2.24, 2.45) is 11.7 Å². The number of carbonyl (C=O) groups excluding carboxylic acids is 1. The predicted molar refractivity (Wildman–Crippen MR) is 77.7 cm³/mol. The van der Waals surface area contributed by atoms with Crippen LogP contribution in [0.1, 0.15) is 32.8 Å². The van der Waals surface area contributed by atoms with Crippen LogP contribution in [0.25, 0.3) is 0 Å². The van der Waals surface area contributed by atoms with E-state index >= 15 is 0 Å². The highest BCUT2D eigenvalue weighted by Crippen LogP contribution is 2.17. The first-order valence-corrected chi connectivity index (χ1v) is 6.07. The average Bonchev–Trinajstić information content (AvgIpc) is 2.29. The van der Waals surface area contributed by atoms with E-state index in [0.717, 1.165) is 12.0 Å². The summed E-state index contributed by atoms with van der Waals surface area (Å²) in [6.07, 6.45) is 0.969. The molecule has 1 aromatic rings. The first kappa shape index (κ1) is 16.9. The van der Waals surface area contributed by atoms with Crippen LogP contribution in [-0.4, -0.2) is 12.5 Å². The zero-order valence-electron chi connectivity index (χ0n) is 11.3. The van der Waals surface area contributed by atoms with Gasteiger partial charge in [0.15, 0.2) is 0 Å². The molecule has 3 nitrogen and oxygen atoms in total. The molecule has 4 heteroatoms. The average molecular weight is 271 g/mol. The van der Waals surface area contributed by atoms with Crippen molar-refractivity contribution in [2.75, 3.05) is 6.54 Å². The lowest BCUT2D eigenvalue weighted by atomic mass is 9.92. The highest BCUT2D eigenvalue weighted by molar-refractivity contribution is 5.86. The third-order valence-electron chi connectivity index (χ3n) is 2.85. The molecule has 0 saturated heterocycles. The van der Waals surface area contributed by atoms with Crippen molar-refractivity contribution < 1.29 is 4.79 Å². The highest BCUT2D eigenvalue weighted by atomic mass is 35.5. The number of nitrogens with two attached hydrogens (primary N) is 1. The topological polar surface area (TPSA) is 55.1 Å². The van der Waals surface area contributed by atoms with Gasteiger partial charge in [0.25, 0.3) is 0 Å². The SMILES string of the molecule is CC(C)CCNC(=O)C(C)(N)c1ccccc1.Cl. The van der Waals surface area contributed by atoms with Crippen LogP contribution in [0.2, 0.25) is 0 Å². The van der Waals surface area contributed by atoms with Crippen LogP contribution in [0.4, 0.5) is 0 Å². The van der Waals surface area contributed by atoms with Gasteiger partial charge in [0.1, 0.15) is 5.54 Å². The van der Waals surface area contributed by atoms with E-state index in [-0.39, 0.29) is 18.3 Å². The largest absolute Gasteiger partial charge is 0.354 e. The fraction of sp³-hybridized carbons (Fsp3) is 0.500. The summed E-state index contributed by atoms with van der Waals surface area (Å²) in [4.78, 5) is 12.0. The monoisotopic (exact) mass is 270 g/mol. The van der Waals surface area contributed by atoms with Crippen LogP contribution < -0.4 is 11.1 Å². The standard InChI is InChI=1S/C14H22N2O.ClH/c1-11(2)9-10-16-13(17)14(3,15)12-7-5-4-6-8-12;/h4-8,11H,9-10,15H2,1-3H3,(H,16,17);1H. The first-order chi connectivity index (χ1) is 7.94. The van der Waals surface area contributed by atoms with Gasteiger partial charge in [-0.15, -0.1) is 12.4 Å². The van der Waals surface area contributed by atoms with Crippen molar-refractivity contribution in [1.82, 2.24) is 5.32 Å². The molecule has 1 rings (SSSR count). The number of hydrogen-bond acceptors (Lipinski definition) is 2. The Labute approximate surface area is 116 Å². The molecule has 1 amide bonds. The molecule has 0 aromatic heterocycles. The number of rotatable bonds is 5. The molecular formula is C14H23ClN2O. The van der Waals surface area contributed by atoms with Crippen molar-refractivity contribution in [2.45, 2.75) is 32.7 Å². The Morgan fingerprint density at radius 1 is 1.33 bits per heavy atom. The van der Waals surface area contributed by atoms with E-state index in [9.17, 15) is 4.79 Å². The minimum Gasteiger partial charge on any atom is -0.354 e. The summed E-state index contributed by atoms with van der Waals surface area (Å²) in [6.45, 7) is 6.68. The van der Waals surface area contributed by atoms with E-state index in [1.165, 1.54) is 0 Å². The van der Waals surface area contributed by atoms with Gasteiger partial charge in [-0.25, -0.2) is 0 Å². The molecule has 3 N–H and O–H groups in total. The third-order valence-corrected chi connectivity index (χ3v) is 2.85. The van der Waals surface area contributed by atoms with Crippen LogP contribution in [0.15, 0.2) is 30.3 Å². The lowest BCUT2D eigenvalue weighted by molar-refractivity contribution is -0.126. The molecule has 0 saturated carbocycles. The van der Waals surface area contributed by atoms with E-state index in [4.69, 9.17) is 5.73 Å². The second-order valence-corrected chi connectivity index (χ2v) is 5.01. The fourth-order valence-corrected chi connectivity index (χ4v) is 1.57. The van der Waals surface area contributed by atoms with Gasteiger partial charge in [0, 0.05) is 6.54 Å². The van der Waals surface area contributed by atoms with Gasteiger partial charge in [-0.1, -0.05) is 44.2 Å². The maximum Gasteiger partial charge on any atom is 0.244 e. The third kappa shape index (κ3) is 4.67. The molecule has 0 radical (unpaired) electrons. The Kier molecular flexibility index (Phi) is 6.96. The smallest absolute Gasteiger partial charge is 0.244 e. The van der Waals surface area contributed by atoms with Crippen LogP contribution in [-0.2, 0) is 10.3 Å². The van der Waals surface area contributed by atoms with Crippen LogP contribution >= 0.6 is 12.4 Å². The summed E-state index contributed by atoms with van der Waals surface area (Å²) >= 11 is 0. The number of amides is 1. The van der Waals surface area contributed by atoms with Crippen molar-refractivity contribution in [1.29, 1.82) is 0 Å². The second kappa shape index (κ2) is 7.39. The molecule has 0 aliphatic carbocycles. The molecule has 0 bridgehead atoms. The van der Waals surface area contributed by atoms with Crippen molar-refractivity contribution >= 4 is 18.3 Å². The quantitative estimate of drug-likeness (QED) is 0.864. The molecule has 102 valence electrons. The highest BCUT2D eigenvalue weighted by Gasteiger charge is 2.29. The van der Waals surface area contributed by atoms with Crippen LogP contribution in [0.5, 0.6) is 0 Å². The van der Waals surface area contributed by atoms with Gasteiger partial charge in [0.05, 0.1) is 0 Å². The van der Waals surface area contributed by atoms with Gasteiger partial charge in [0.2, 0.25) is 5.91 Å². The maximum absolute atomic E-state index is 12.0. The molecule has 0 aliphatic rings. The minimum atomic E-state index is -0.960. The normalized spacial score (nSPS) is 13.6. The lowest BCUT2D eigenvalue weighted by Gasteiger charge is -2.24. The predicted octanol–water partition coefficient (Wildman–Crippen LogP) is 2.44. The minimum absolute atomic E-state index is 0. The lowest BCUT2D eigenvalue weighted by Crippen LogP contribution is -2.49. The summed E-state index contributed by atoms with van der Waals surface area (Å²) in [5.74, 6) is 0.459. The summed E-state index contributed by atoms with van der Waals surface area (Å²) in [5.41, 5.74) is 5.96. The summed E-state index contributed by atoms with van der Waals surface area (Å²) in [6, 6.07) is 9.45. The molecular weight excluding hydrogens is 248 g/mol. The Bertz CT molecular complexity index is 363. The van der Waals surface area contributed by atoms with E-state index < -0.39 is 5.54 Å². The molecule has 1 unspecified atom stereocenters. The van der Waals surface area contributed by atoms with E-state index in [0.29, 0.717) is 12.5 Å². The molecule has 0 spiro atoms. The second-order valence-electron chi connectivity index (χ2n) is 5.01. The number of carbonyl (C=O) groups is 1. The molecule has 18 heavy (non-hydrogen) atoms. The number of halogens is 1. The number of benzene rings is 1. The molecule has 1 atom stereocenters. The first-order valence-electron chi connectivity index (χ1n) is 6.07. The Hall–Kier alpha value is -1.06. The van der Waals surface area contributed by atoms with Gasteiger partial charge in [-0.3, -0.25) is 4.79 Å². The maximum atomic E-state index is 12.0. The van der Waals surface area contributed by atoms with E-state index in [1.807, 2.05) is 30.3 Å².